The molecule has 0 saturated heterocycles. The molecule has 104 valence electrons. The molecule has 0 aliphatic carbocycles. The number of amides is 1. The van der Waals surface area contributed by atoms with Gasteiger partial charge in [0.05, 0.1) is 6.10 Å². The molecule has 1 aliphatic heterocycles. The molecule has 4 heteroatoms. The largest absolute Gasteiger partial charge is 0.491 e. The molecular weight excluding hydrogens is 240 g/mol. The number of ether oxygens (including phenoxy) is 1. The van der Waals surface area contributed by atoms with Crippen LogP contribution in [0.3, 0.4) is 0 Å². The van der Waals surface area contributed by atoms with Crippen molar-refractivity contribution in [1.29, 1.82) is 0 Å². The minimum Gasteiger partial charge on any atom is -0.491 e. The first kappa shape index (κ1) is 13.9. The van der Waals surface area contributed by atoms with Crippen molar-refractivity contribution in [3.8, 4) is 5.75 Å². The van der Waals surface area contributed by atoms with E-state index < -0.39 is 0 Å². The molecule has 2 rings (SSSR count). The Morgan fingerprint density at radius 3 is 2.89 bits per heavy atom. The van der Waals surface area contributed by atoms with Gasteiger partial charge in [-0.15, -0.1) is 0 Å². The van der Waals surface area contributed by atoms with Crippen LogP contribution in [0.1, 0.15) is 45.2 Å². The van der Waals surface area contributed by atoms with Crippen molar-refractivity contribution >= 4 is 11.6 Å². The van der Waals surface area contributed by atoms with Gasteiger partial charge in [-0.3, -0.25) is 4.79 Å². The lowest BCUT2D eigenvalue weighted by molar-refractivity contribution is -0.117. The Morgan fingerprint density at radius 1 is 1.42 bits per heavy atom. The molecule has 2 unspecified atom stereocenters. The van der Waals surface area contributed by atoms with Crippen LogP contribution >= 0.6 is 0 Å². The maximum Gasteiger partial charge on any atom is 0.246 e. The first-order valence-corrected chi connectivity index (χ1v) is 7.00. The normalized spacial score (nSPS) is 18.9. The molecule has 1 aromatic rings. The van der Waals surface area contributed by atoms with E-state index in [2.05, 4.69) is 24.5 Å². The predicted octanol–water partition coefficient (Wildman–Crippen LogP) is 2.86. The monoisotopic (exact) mass is 262 g/mol. The highest BCUT2D eigenvalue weighted by atomic mass is 16.5. The number of benzene rings is 1. The van der Waals surface area contributed by atoms with E-state index in [1.165, 1.54) is 0 Å². The lowest BCUT2D eigenvalue weighted by Gasteiger charge is -2.15. The number of fused-ring (bicyclic) bond motifs is 1. The van der Waals surface area contributed by atoms with Crippen molar-refractivity contribution in [2.75, 3.05) is 11.9 Å². The topological polar surface area (TPSA) is 50.4 Å². The molecule has 1 heterocycles. The average molecular weight is 262 g/mol. The van der Waals surface area contributed by atoms with E-state index in [4.69, 9.17) is 4.74 Å². The van der Waals surface area contributed by atoms with Crippen molar-refractivity contribution in [1.82, 2.24) is 5.32 Å². The summed E-state index contributed by atoms with van der Waals surface area (Å²) in [6, 6.07) is 5.59. The SMILES string of the molecule is CCCC(C)Oc1ccc2c(c1)NC(=O)C2NCC. The van der Waals surface area contributed by atoms with Gasteiger partial charge >= 0.3 is 0 Å². The minimum absolute atomic E-state index is 0.00982. The van der Waals surface area contributed by atoms with Crippen molar-refractivity contribution in [3.63, 3.8) is 0 Å². The maximum atomic E-state index is 11.8. The molecule has 0 saturated carbocycles. The van der Waals surface area contributed by atoms with Gasteiger partial charge in [-0.2, -0.15) is 0 Å². The van der Waals surface area contributed by atoms with Gasteiger partial charge in [-0.25, -0.2) is 0 Å². The minimum atomic E-state index is -0.234. The van der Waals surface area contributed by atoms with Crippen molar-refractivity contribution in [2.24, 2.45) is 0 Å². The molecule has 2 N–H and O–H groups in total. The highest BCUT2D eigenvalue weighted by Crippen LogP contribution is 2.34. The molecule has 0 bridgehead atoms. The molecule has 19 heavy (non-hydrogen) atoms. The Morgan fingerprint density at radius 2 is 2.21 bits per heavy atom. The third kappa shape index (κ3) is 3.07. The van der Waals surface area contributed by atoms with E-state index in [1.54, 1.807) is 0 Å². The summed E-state index contributed by atoms with van der Waals surface area (Å²) in [5, 5.41) is 6.07. The zero-order valence-corrected chi connectivity index (χ0v) is 11.8. The van der Waals surface area contributed by atoms with Crippen LogP contribution in [-0.4, -0.2) is 18.6 Å². The molecule has 1 amide bonds. The van der Waals surface area contributed by atoms with Gasteiger partial charge in [-0.05, 0) is 26.0 Å². The second-order valence-electron chi connectivity index (χ2n) is 4.95. The van der Waals surface area contributed by atoms with Crippen LogP contribution in [0.2, 0.25) is 0 Å². The number of likely N-dealkylation sites (N-methyl/N-ethyl adjacent to an activating group) is 1. The van der Waals surface area contributed by atoms with Gasteiger partial charge in [0, 0.05) is 17.3 Å². The van der Waals surface area contributed by atoms with Crippen molar-refractivity contribution < 1.29 is 9.53 Å². The third-order valence-electron chi connectivity index (χ3n) is 3.30. The van der Waals surface area contributed by atoms with Crippen LogP contribution in [0.5, 0.6) is 5.75 Å². The summed E-state index contributed by atoms with van der Waals surface area (Å²) in [6.07, 6.45) is 2.33. The van der Waals surface area contributed by atoms with Crippen LogP contribution in [0.25, 0.3) is 0 Å². The van der Waals surface area contributed by atoms with Crippen LogP contribution in [0, 0.1) is 0 Å². The molecular formula is C15H22N2O2. The predicted molar refractivity (Wildman–Crippen MR) is 76.5 cm³/mol. The molecule has 1 aliphatic rings. The zero-order chi connectivity index (χ0) is 13.8. The van der Waals surface area contributed by atoms with Crippen LogP contribution < -0.4 is 15.4 Å². The number of hydrogen-bond donors (Lipinski definition) is 2. The summed E-state index contributed by atoms with van der Waals surface area (Å²) < 4.78 is 5.84. The van der Waals surface area contributed by atoms with Gasteiger partial charge in [0.2, 0.25) is 5.91 Å². The second kappa shape index (κ2) is 6.06. The van der Waals surface area contributed by atoms with Crippen LogP contribution in [0.4, 0.5) is 5.69 Å². The Balaban J connectivity index is 2.13. The first-order chi connectivity index (χ1) is 9.15. The Kier molecular flexibility index (Phi) is 4.43. The fourth-order valence-corrected chi connectivity index (χ4v) is 2.42. The Labute approximate surface area is 114 Å². The van der Waals surface area contributed by atoms with Gasteiger partial charge in [0.15, 0.2) is 0 Å². The molecule has 0 aromatic heterocycles. The lowest BCUT2D eigenvalue weighted by Crippen LogP contribution is -2.27. The Bertz CT molecular complexity index is 459. The fraction of sp³-hybridized carbons (Fsp3) is 0.533. The molecule has 2 atom stereocenters. The van der Waals surface area contributed by atoms with Gasteiger partial charge in [0.1, 0.15) is 11.8 Å². The lowest BCUT2D eigenvalue weighted by atomic mass is 10.1. The van der Waals surface area contributed by atoms with E-state index in [1.807, 2.05) is 25.1 Å². The number of carbonyl (C=O) groups excluding carboxylic acids is 1. The standard InChI is InChI=1S/C15H22N2O2/c1-4-6-10(3)19-11-7-8-12-13(9-11)17-15(18)14(12)16-5-2/h7-10,14,16H,4-6H2,1-3H3,(H,17,18). The van der Waals surface area contributed by atoms with Gasteiger partial charge < -0.3 is 15.4 Å². The maximum absolute atomic E-state index is 11.8. The highest BCUT2D eigenvalue weighted by Gasteiger charge is 2.29. The third-order valence-corrected chi connectivity index (χ3v) is 3.30. The summed E-state index contributed by atoms with van der Waals surface area (Å²) in [6.45, 7) is 6.97. The smallest absolute Gasteiger partial charge is 0.246 e. The van der Waals surface area contributed by atoms with Crippen LogP contribution in [0.15, 0.2) is 18.2 Å². The molecule has 4 nitrogen and oxygen atoms in total. The number of carbonyl (C=O) groups is 1. The van der Waals surface area contributed by atoms with Gasteiger partial charge in [0.25, 0.3) is 0 Å². The van der Waals surface area contributed by atoms with E-state index in [9.17, 15) is 4.79 Å². The Hall–Kier alpha value is -1.55. The number of nitrogens with one attached hydrogen (secondary N) is 2. The number of anilines is 1. The summed E-state index contributed by atoms with van der Waals surface area (Å²) in [5.41, 5.74) is 1.86. The average Bonchev–Trinajstić information content (AvgIpc) is 2.66. The number of hydrogen-bond acceptors (Lipinski definition) is 3. The van der Waals surface area contributed by atoms with E-state index in [0.717, 1.165) is 36.4 Å². The van der Waals surface area contributed by atoms with Crippen molar-refractivity contribution in [2.45, 2.75) is 45.8 Å². The van der Waals surface area contributed by atoms with E-state index in [0.29, 0.717) is 0 Å². The van der Waals surface area contributed by atoms with Crippen molar-refractivity contribution in [3.05, 3.63) is 23.8 Å². The second-order valence-corrected chi connectivity index (χ2v) is 4.95. The molecule has 0 radical (unpaired) electrons. The summed E-state index contributed by atoms with van der Waals surface area (Å²) in [7, 11) is 0. The fourth-order valence-electron chi connectivity index (χ4n) is 2.42. The van der Waals surface area contributed by atoms with E-state index >= 15 is 0 Å². The molecule has 0 spiro atoms. The van der Waals surface area contributed by atoms with Gasteiger partial charge in [-0.1, -0.05) is 26.3 Å². The summed E-state index contributed by atoms with van der Waals surface area (Å²) >= 11 is 0. The van der Waals surface area contributed by atoms with Crippen LogP contribution in [-0.2, 0) is 4.79 Å². The first-order valence-electron chi connectivity index (χ1n) is 7.00. The quantitative estimate of drug-likeness (QED) is 0.829. The number of rotatable bonds is 6. The summed E-state index contributed by atoms with van der Waals surface area (Å²) in [4.78, 5) is 11.8. The van der Waals surface area contributed by atoms with E-state index in [-0.39, 0.29) is 18.1 Å². The summed E-state index contributed by atoms with van der Waals surface area (Å²) in [5.74, 6) is 0.827. The molecule has 0 fully saturated rings. The highest BCUT2D eigenvalue weighted by molar-refractivity contribution is 6.02. The zero-order valence-electron chi connectivity index (χ0n) is 11.8. The molecule has 1 aromatic carbocycles.